The number of carbonyl (C=O) groups excluding carboxylic acids is 3. The van der Waals surface area contributed by atoms with Crippen molar-refractivity contribution in [3.05, 3.63) is 70.9 Å². The van der Waals surface area contributed by atoms with E-state index in [1.165, 1.54) is 17.5 Å². The lowest BCUT2D eigenvalue weighted by Crippen LogP contribution is -2.39. The minimum Gasteiger partial charge on any atom is -0.341 e. The molecular formula is C24H26N4O3S. The monoisotopic (exact) mass is 450 g/mol. The number of aryl methyl sites for hydroxylation is 1. The molecule has 166 valence electrons. The lowest BCUT2D eigenvalue weighted by atomic mass is 10.0. The second-order valence-electron chi connectivity index (χ2n) is 7.64. The molecule has 0 spiro atoms. The molecule has 0 aromatic heterocycles. The van der Waals surface area contributed by atoms with Crippen LogP contribution in [0.25, 0.3) is 6.08 Å². The van der Waals surface area contributed by atoms with Crippen LogP contribution in [0.4, 0.5) is 10.5 Å². The quantitative estimate of drug-likeness (QED) is 0.673. The fourth-order valence-electron chi connectivity index (χ4n) is 3.00. The summed E-state index contributed by atoms with van der Waals surface area (Å²) in [6.45, 7) is 6.22. The Balaban J connectivity index is 1.87. The summed E-state index contributed by atoms with van der Waals surface area (Å²) in [5.41, 5.74) is 4.11. The second-order valence-corrected chi connectivity index (χ2v) is 8.58. The highest BCUT2D eigenvalue weighted by Gasteiger charge is 2.32. The molecule has 0 bridgehead atoms. The van der Waals surface area contributed by atoms with Crippen LogP contribution in [0.15, 0.2) is 59.2 Å². The number of hydrogen-bond acceptors (Lipinski definition) is 5. The third-order valence-electron chi connectivity index (χ3n) is 4.84. The van der Waals surface area contributed by atoms with Crippen molar-refractivity contribution in [2.75, 3.05) is 17.7 Å². The normalized spacial score (nSPS) is 14.7. The van der Waals surface area contributed by atoms with Gasteiger partial charge in [0, 0.05) is 7.05 Å². The molecule has 1 aliphatic rings. The van der Waals surface area contributed by atoms with Crippen molar-refractivity contribution in [3.63, 3.8) is 0 Å². The Morgan fingerprint density at radius 2 is 1.75 bits per heavy atom. The van der Waals surface area contributed by atoms with E-state index in [2.05, 4.69) is 29.5 Å². The molecule has 0 aliphatic carbocycles. The van der Waals surface area contributed by atoms with Crippen molar-refractivity contribution in [1.29, 1.82) is 0 Å². The third-order valence-corrected chi connectivity index (χ3v) is 5.78. The number of hydrogen-bond donors (Lipinski definition) is 2. The van der Waals surface area contributed by atoms with Gasteiger partial charge in [-0.3, -0.25) is 19.8 Å². The van der Waals surface area contributed by atoms with Gasteiger partial charge in [0.1, 0.15) is 5.70 Å². The van der Waals surface area contributed by atoms with E-state index >= 15 is 0 Å². The summed E-state index contributed by atoms with van der Waals surface area (Å²) in [7, 11) is 1.43. The van der Waals surface area contributed by atoms with Crippen molar-refractivity contribution in [1.82, 2.24) is 10.6 Å². The van der Waals surface area contributed by atoms with E-state index in [1.54, 1.807) is 6.08 Å². The fraction of sp³-hybridized carbons (Fsp3) is 0.250. The SMILES string of the molecule is CNC(=O)NC(=O)CSC1=NC(=Cc2ccc(C(C)C)cc2)C(=O)N1c1ccc(C)cc1. The van der Waals surface area contributed by atoms with Crippen molar-refractivity contribution >= 4 is 46.5 Å². The highest BCUT2D eigenvalue weighted by Crippen LogP contribution is 2.29. The summed E-state index contributed by atoms with van der Waals surface area (Å²) in [6, 6.07) is 14.9. The van der Waals surface area contributed by atoms with Crippen LogP contribution >= 0.6 is 11.8 Å². The molecule has 1 heterocycles. The second kappa shape index (κ2) is 10.3. The predicted octanol–water partition coefficient (Wildman–Crippen LogP) is 4.05. The van der Waals surface area contributed by atoms with Gasteiger partial charge in [0.2, 0.25) is 5.91 Å². The van der Waals surface area contributed by atoms with Crippen molar-refractivity contribution < 1.29 is 14.4 Å². The standard InChI is InChI=1S/C24H26N4O3S/c1-15(2)18-9-7-17(8-10-18)13-20-22(30)28(19-11-5-16(3)6-12-19)24(26-20)32-14-21(29)27-23(31)25-4/h5-13,15H,14H2,1-4H3,(H2,25,27,29,31). The molecule has 0 fully saturated rings. The molecule has 2 aromatic rings. The molecule has 1 aliphatic heterocycles. The number of nitrogens with one attached hydrogen (secondary N) is 2. The highest BCUT2D eigenvalue weighted by atomic mass is 32.2. The number of imide groups is 1. The minimum atomic E-state index is -0.583. The number of rotatable bonds is 5. The summed E-state index contributed by atoms with van der Waals surface area (Å²) < 4.78 is 0. The Morgan fingerprint density at radius 3 is 2.34 bits per heavy atom. The van der Waals surface area contributed by atoms with Gasteiger partial charge >= 0.3 is 6.03 Å². The Kier molecular flexibility index (Phi) is 7.48. The summed E-state index contributed by atoms with van der Waals surface area (Å²) >= 11 is 1.10. The molecule has 0 radical (unpaired) electrons. The summed E-state index contributed by atoms with van der Waals surface area (Å²) in [5, 5.41) is 4.93. The number of urea groups is 1. The van der Waals surface area contributed by atoms with Crippen LogP contribution in [0.1, 0.15) is 36.5 Å². The van der Waals surface area contributed by atoms with Crippen LogP contribution in [0.3, 0.4) is 0 Å². The maximum atomic E-state index is 13.2. The number of amidine groups is 1. The lowest BCUT2D eigenvalue weighted by molar-refractivity contribution is -0.117. The Bertz CT molecular complexity index is 1070. The first-order chi connectivity index (χ1) is 15.3. The van der Waals surface area contributed by atoms with Gasteiger partial charge in [0.15, 0.2) is 5.17 Å². The Morgan fingerprint density at radius 1 is 1.09 bits per heavy atom. The molecule has 32 heavy (non-hydrogen) atoms. The van der Waals surface area contributed by atoms with E-state index in [0.29, 0.717) is 16.8 Å². The number of amides is 4. The molecule has 2 N–H and O–H groups in total. The lowest BCUT2D eigenvalue weighted by Gasteiger charge is -2.17. The van der Waals surface area contributed by atoms with Gasteiger partial charge in [0.05, 0.1) is 11.4 Å². The number of aliphatic imine (C=N–C) groups is 1. The van der Waals surface area contributed by atoms with Crippen molar-refractivity contribution in [3.8, 4) is 0 Å². The highest BCUT2D eigenvalue weighted by molar-refractivity contribution is 8.14. The number of benzene rings is 2. The maximum absolute atomic E-state index is 13.2. The predicted molar refractivity (Wildman–Crippen MR) is 130 cm³/mol. The van der Waals surface area contributed by atoms with Crippen LogP contribution in [0.5, 0.6) is 0 Å². The number of nitrogens with zero attached hydrogens (tertiary/aromatic N) is 2. The van der Waals surface area contributed by atoms with Crippen LogP contribution in [0, 0.1) is 6.92 Å². The molecule has 0 unspecified atom stereocenters. The van der Waals surface area contributed by atoms with Crippen molar-refractivity contribution in [2.24, 2.45) is 4.99 Å². The molecule has 4 amide bonds. The van der Waals surface area contributed by atoms with Gasteiger partial charge in [-0.1, -0.05) is 67.6 Å². The summed E-state index contributed by atoms with van der Waals surface area (Å²) in [6.07, 6.45) is 1.74. The van der Waals surface area contributed by atoms with E-state index in [-0.39, 0.29) is 17.4 Å². The molecule has 0 atom stereocenters. The van der Waals surface area contributed by atoms with Gasteiger partial charge in [-0.25, -0.2) is 9.79 Å². The van der Waals surface area contributed by atoms with E-state index in [0.717, 1.165) is 22.9 Å². The average Bonchev–Trinajstić information content (AvgIpc) is 3.08. The topological polar surface area (TPSA) is 90.9 Å². The zero-order valence-electron chi connectivity index (χ0n) is 18.5. The van der Waals surface area contributed by atoms with Gasteiger partial charge in [-0.05, 0) is 42.2 Å². The van der Waals surface area contributed by atoms with Gasteiger partial charge in [-0.15, -0.1) is 0 Å². The first kappa shape index (κ1) is 23.3. The van der Waals surface area contributed by atoms with E-state index in [4.69, 9.17) is 0 Å². The van der Waals surface area contributed by atoms with Gasteiger partial charge < -0.3 is 5.32 Å². The van der Waals surface area contributed by atoms with E-state index < -0.39 is 11.9 Å². The smallest absolute Gasteiger partial charge is 0.321 e. The minimum absolute atomic E-state index is 0.0573. The van der Waals surface area contributed by atoms with E-state index in [9.17, 15) is 14.4 Å². The molecule has 3 rings (SSSR count). The third kappa shape index (κ3) is 5.64. The molecule has 7 nitrogen and oxygen atoms in total. The molecule has 0 saturated carbocycles. The number of anilines is 1. The Hall–Kier alpha value is -3.39. The van der Waals surface area contributed by atoms with Crippen LogP contribution in [0.2, 0.25) is 0 Å². The van der Waals surface area contributed by atoms with Gasteiger partial charge in [-0.2, -0.15) is 0 Å². The van der Waals surface area contributed by atoms with Crippen molar-refractivity contribution in [2.45, 2.75) is 26.7 Å². The van der Waals surface area contributed by atoms with E-state index in [1.807, 2.05) is 55.5 Å². The van der Waals surface area contributed by atoms with Crippen LogP contribution in [-0.2, 0) is 9.59 Å². The largest absolute Gasteiger partial charge is 0.341 e. The van der Waals surface area contributed by atoms with Crippen LogP contribution < -0.4 is 15.5 Å². The van der Waals surface area contributed by atoms with Gasteiger partial charge in [0.25, 0.3) is 5.91 Å². The first-order valence-electron chi connectivity index (χ1n) is 10.2. The number of carbonyl (C=O) groups is 3. The molecule has 2 aromatic carbocycles. The average molecular weight is 451 g/mol. The number of thioether (sulfide) groups is 1. The molecule has 0 saturated heterocycles. The first-order valence-corrected chi connectivity index (χ1v) is 11.2. The Labute approximate surface area is 192 Å². The van der Waals surface area contributed by atoms with Crippen LogP contribution in [-0.4, -0.2) is 35.8 Å². The zero-order valence-corrected chi connectivity index (χ0v) is 19.3. The maximum Gasteiger partial charge on any atom is 0.321 e. The summed E-state index contributed by atoms with van der Waals surface area (Å²) in [5.74, 6) is -0.381. The zero-order chi connectivity index (χ0) is 23.3. The fourth-order valence-corrected chi connectivity index (χ4v) is 3.82. The molecular weight excluding hydrogens is 424 g/mol. The summed E-state index contributed by atoms with van der Waals surface area (Å²) in [4.78, 5) is 42.6. The molecule has 8 heteroatoms.